The van der Waals surface area contributed by atoms with Crippen LogP contribution in [0.3, 0.4) is 0 Å². The average Bonchev–Trinajstić information content (AvgIpc) is 3.06. The van der Waals surface area contributed by atoms with Crippen molar-refractivity contribution in [2.24, 2.45) is 0 Å². The molecule has 1 aliphatic rings. The van der Waals surface area contributed by atoms with Gasteiger partial charge in [0.15, 0.2) is 0 Å². The van der Waals surface area contributed by atoms with Crippen LogP contribution in [0.4, 0.5) is 0 Å². The molecule has 138 valence electrons. The Bertz CT molecular complexity index is 858. The first-order valence-electron chi connectivity index (χ1n) is 8.52. The molecule has 2 aromatic rings. The fraction of sp³-hybridized carbons (Fsp3) is 0.211. The molecule has 27 heavy (non-hydrogen) atoms. The third kappa shape index (κ3) is 4.61. The highest BCUT2D eigenvalue weighted by Crippen LogP contribution is 2.12. The number of amides is 2. The van der Waals surface area contributed by atoms with Gasteiger partial charge in [-0.3, -0.25) is 9.59 Å². The van der Waals surface area contributed by atoms with E-state index in [-0.39, 0.29) is 12.5 Å². The molecule has 0 saturated heterocycles. The van der Waals surface area contributed by atoms with Gasteiger partial charge in [-0.1, -0.05) is 30.3 Å². The van der Waals surface area contributed by atoms with Gasteiger partial charge in [0.05, 0.1) is 13.2 Å². The maximum absolute atomic E-state index is 12.4. The highest BCUT2D eigenvalue weighted by atomic mass is 16.5. The average molecular weight is 366 g/mol. The highest BCUT2D eigenvalue weighted by molar-refractivity contribution is 6.61. The van der Waals surface area contributed by atoms with Crippen LogP contribution in [0.5, 0.6) is 0 Å². The summed E-state index contributed by atoms with van der Waals surface area (Å²) in [5.74, 6) is -0.252. The number of benzene rings is 2. The van der Waals surface area contributed by atoms with Crippen LogP contribution in [0, 0.1) is 0 Å². The van der Waals surface area contributed by atoms with Crippen molar-refractivity contribution in [3.05, 3.63) is 64.7 Å². The first kappa shape index (κ1) is 18.8. The van der Waals surface area contributed by atoms with Gasteiger partial charge >= 0.3 is 7.12 Å². The molecule has 0 atom stereocenters. The molecule has 0 fully saturated rings. The lowest BCUT2D eigenvalue weighted by Gasteiger charge is -2.14. The molecule has 0 radical (unpaired) electrons. The molecule has 1 aliphatic heterocycles. The highest BCUT2D eigenvalue weighted by Gasteiger charge is 2.27. The summed E-state index contributed by atoms with van der Waals surface area (Å²) in [6.45, 7) is 1.02. The Balaban J connectivity index is 1.62. The predicted octanol–water partition coefficient (Wildman–Crippen LogP) is -0.00840. The summed E-state index contributed by atoms with van der Waals surface area (Å²) in [4.78, 5) is 35.3. The Labute approximate surface area is 157 Å². The molecular formula is C19H19BN2O5. The Kier molecular flexibility index (Phi) is 6.00. The Morgan fingerprint density at radius 2 is 2.04 bits per heavy atom. The van der Waals surface area contributed by atoms with Crippen LogP contribution in [0.15, 0.2) is 42.5 Å². The van der Waals surface area contributed by atoms with E-state index in [9.17, 15) is 19.4 Å². The lowest BCUT2D eigenvalue weighted by Crippen LogP contribution is -2.30. The number of nitrogens with zero attached hydrogens (tertiary/aromatic N) is 1. The Hall–Kier alpha value is -2.97. The minimum absolute atomic E-state index is 0.0400. The predicted molar refractivity (Wildman–Crippen MR) is 99.0 cm³/mol. The van der Waals surface area contributed by atoms with E-state index >= 15 is 0 Å². The van der Waals surface area contributed by atoms with Gasteiger partial charge in [0, 0.05) is 18.7 Å². The number of carbonyl (C=O) groups is 3. The third-order valence-electron chi connectivity index (χ3n) is 4.36. The first-order valence-corrected chi connectivity index (χ1v) is 8.52. The zero-order valence-electron chi connectivity index (χ0n) is 14.6. The topological polar surface area (TPSA) is 95.9 Å². The molecule has 2 N–H and O–H groups in total. The molecule has 8 heteroatoms. The maximum Gasteiger partial charge on any atom is 0.491 e. The summed E-state index contributed by atoms with van der Waals surface area (Å²) in [6.07, 6.45) is 1.31. The van der Waals surface area contributed by atoms with Crippen LogP contribution in [-0.2, 0) is 33.9 Å². The molecule has 0 aromatic heterocycles. The minimum atomic E-state index is -0.989. The van der Waals surface area contributed by atoms with Crippen LogP contribution >= 0.6 is 0 Å². The molecule has 0 aliphatic carbocycles. The number of fused-ring (bicyclic) bond motifs is 1. The second-order valence-electron chi connectivity index (χ2n) is 6.28. The molecule has 0 saturated carbocycles. The largest absolute Gasteiger partial charge is 0.491 e. The summed E-state index contributed by atoms with van der Waals surface area (Å²) in [5.41, 5.74) is 3.69. The Morgan fingerprint density at radius 1 is 1.22 bits per heavy atom. The fourth-order valence-corrected chi connectivity index (χ4v) is 2.95. The molecular weight excluding hydrogens is 347 g/mol. The van der Waals surface area contributed by atoms with E-state index in [4.69, 9.17) is 4.65 Å². The molecule has 0 bridgehead atoms. The quantitative estimate of drug-likeness (QED) is 0.506. The lowest BCUT2D eigenvalue weighted by molar-refractivity contribution is -0.122. The second-order valence-corrected chi connectivity index (χ2v) is 6.28. The molecule has 2 amide bonds. The summed E-state index contributed by atoms with van der Waals surface area (Å²) < 4.78 is 5.13. The number of nitrogens with one attached hydrogen (secondary N) is 1. The minimum Gasteiger partial charge on any atom is -0.423 e. The van der Waals surface area contributed by atoms with Crippen molar-refractivity contribution in [2.75, 3.05) is 6.54 Å². The number of hydrogen-bond donors (Lipinski definition) is 2. The standard InChI is InChI=1S/C19H19BN2O5/c23-7-6-22(13-24)11-15-3-1-2-14(8-15)10-21-19(25)16-4-5-17-12-27-20(26)18(17)9-16/h1-5,7-9,13,26H,6,10-12H2,(H,21,25). The summed E-state index contributed by atoms with van der Waals surface area (Å²) in [7, 11) is -0.989. The van der Waals surface area contributed by atoms with E-state index in [1.54, 1.807) is 18.2 Å². The number of carbonyl (C=O) groups excluding carboxylic acids is 3. The van der Waals surface area contributed by atoms with E-state index in [0.717, 1.165) is 16.7 Å². The molecule has 2 aromatic carbocycles. The first-order chi connectivity index (χ1) is 13.1. The molecule has 3 rings (SSSR count). The zero-order valence-corrected chi connectivity index (χ0v) is 14.6. The maximum atomic E-state index is 12.4. The summed E-state index contributed by atoms with van der Waals surface area (Å²) in [6, 6.07) is 12.6. The monoisotopic (exact) mass is 366 g/mol. The van der Waals surface area contributed by atoms with Crippen molar-refractivity contribution in [1.29, 1.82) is 0 Å². The number of aldehydes is 1. The van der Waals surface area contributed by atoms with Crippen LogP contribution in [0.25, 0.3) is 0 Å². The number of rotatable bonds is 8. The van der Waals surface area contributed by atoms with Crippen molar-refractivity contribution < 1.29 is 24.1 Å². The Morgan fingerprint density at radius 3 is 2.81 bits per heavy atom. The van der Waals surface area contributed by atoms with Crippen LogP contribution in [-0.4, -0.2) is 42.2 Å². The van der Waals surface area contributed by atoms with Gasteiger partial charge in [-0.25, -0.2) is 0 Å². The van der Waals surface area contributed by atoms with Gasteiger partial charge in [-0.2, -0.15) is 0 Å². The van der Waals surface area contributed by atoms with E-state index in [1.165, 1.54) is 4.90 Å². The van der Waals surface area contributed by atoms with Crippen molar-refractivity contribution in [1.82, 2.24) is 10.2 Å². The molecule has 7 nitrogen and oxygen atoms in total. The van der Waals surface area contributed by atoms with Gasteiger partial charge in [-0.05, 0) is 34.3 Å². The second kappa shape index (κ2) is 8.61. The van der Waals surface area contributed by atoms with Crippen molar-refractivity contribution in [3.63, 3.8) is 0 Å². The van der Waals surface area contributed by atoms with Crippen molar-refractivity contribution in [3.8, 4) is 0 Å². The van der Waals surface area contributed by atoms with Gasteiger partial charge in [0.25, 0.3) is 5.91 Å². The zero-order chi connectivity index (χ0) is 19.2. The normalized spacial score (nSPS) is 12.4. The molecule has 0 unspecified atom stereocenters. The van der Waals surface area contributed by atoms with Crippen LogP contribution < -0.4 is 10.8 Å². The van der Waals surface area contributed by atoms with Crippen molar-refractivity contribution in [2.45, 2.75) is 19.7 Å². The molecule has 0 spiro atoms. The van der Waals surface area contributed by atoms with E-state index in [1.807, 2.05) is 24.3 Å². The van der Waals surface area contributed by atoms with Gasteiger partial charge < -0.3 is 24.7 Å². The van der Waals surface area contributed by atoms with E-state index in [0.29, 0.717) is 43.4 Å². The van der Waals surface area contributed by atoms with Gasteiger partial charge in [0.2, 0.25) is 6.41 Å². The van der Waals surface area contributed by atoms with Crippen LogP contribution in [0.2, 0.25) is 0 Å². The van der Waals surface area contributed by atoms with Crippen LogP contribution in [0.1, 0.15) is 27.0 Å². The lowest BCUT2D eigenvalue weighted by atomic mass is 9.79. The third-order valence-corrected chi connectivity index (χ3v) is 4.36. The summed E-state index contributed by atoms with van der Waals surface area (Å²) >= 11 is 0. The fourth-order valence-electron chi connectivity index (χ4n) is 2.95. The smallest absolute Gasteiger partial charge is 0.423 e. The van der Waals surface area contributed by atoms with E-state index < -0.39 is 7.12 Å². The molecule has 1 heterocycles. The SMILES string of the molecule is O=CCN(C=O)Cc1cccc(CNC(=O)c2ccc3c(c2)B(O)OC3)c1. The number of hydrogen-bond acceptors (Lipinski definition) is 5. The van der Waals surface area contributed by atoms with Gasteiger partial charge in [-0.15, -0.1) is 0 Å². The van der Waals surface area contributed by atoms with Gasteiger partial charge in [0.1, 0.15) is 6.29 Å². The van der Waals surface area contributed by atoms with Crippen molar-refractivity contribution >= 4 is 31.2 Å². The van der Waals surface area contributed by atoms with E-state index in [2.05, 4.69) is 5.32 Å². The summed E-state index contributed by atoms with van der Waals surface area (Å²) in [5, 5.41) is 12.6.